The maximum atomic E-state index is 13.9. The second-order valence-electron chi connectivity index (χ2n) is 8.39. The van der Waals surface area contributed by atoms with Crippen molar-refractivity contribution in [2.45, 2.75) is 6.54 Å². The Labute approximate surface area is 205 Å². The van der Waals surface area contributed by atoms with Crippen molar-refractivity contribution in [3.8, 4) is 33.5 Å². The highest BCUT2D eigenvalue weighted by atomic mass is 19.1. The minimum Gasteiger partial charge on any atom is -0.265 e. The number of rotatable bonds is 5. The van der Waals surface area contributed by atoms with E-state index in [4.69, 9.17) is 10.1 Å². The molecular weight excluding hydrogens is 456 g/mol. The van der Waals surface area contributed by atoms with E-state index in [1.165, 1.54) is 24.3 Å². The predicted octanol–water partition coefficient (Wildman–Crippen LogP) is 6.55. The van der Waals surface area contributed by atoms with Crippen molar-refractivity contribution in [2.24, 2.45) is 0 Å². The van der Waals surface area contributed by atoms with Gasteiger partial charge in [0.2, 0.25) is 0 Å². The van der Waals surface area contributed by atoms with Crippen molar-refractivity contribution in [1.29, 1.82) is 0 Å². The molecule has 5 nitrogen and oxygen atoms in total. The van der Waals surface area contributed by atoms with Gasteiger partial charge in [-0.2, -0.15) is 5.10 Å². The van der Waals surface area contributed by atoms with Gasteiger partial charge in [-0.1, -0.05) is 18.2 Å². The van der Waals surface area contributed by atoms with Crippen molar-refractivity contribution in [3.63, 3.8) is 0 Å². The molecule has 0 amide bonds. The molecule has 2 aromatic carbocycles. The van der Waals surface area contributed by atoms with E-state index in [2.05, 4.69) is 9.97 Å². The number of aromatic nitrogens is 5. The molecule has 0 radical (unpaired) electrons. The molecule has 4 heterocycles. The third-order valence-corrected chi connectivity index (χ3v) is 6.00. The fourth-order valence-corrected chi connectivity index (χ4v) is 4.38. The highest BCUT2D eigenvalue weighted by molar-refractivity contribution is 6.05. The molecule has 0 bridgehead atoms. The third kappa shape index (κ3) is 4.11. The Hall–Kier alpha value is -4.78. The first-order chi connectivity index (χ1) is 17.7. The lowest BCUT2D eigenvalue weighted by Crippen LogP contribution is -2.00. The van der Waals surface area contributed by atoms with Crippen LogP contribution >= 0.6 is 0 Å². The molecule has 0 N–H and O–H groups in total. The Bertz CT molecular complexity index is 1650. The quantitative estimate of drug-likeness (QED) is 0.284. The van der Waals surface area contributed by atoms with Gasteiger partial charge in [0.15, 0.2) is 5.65 Å². The number of hydrogen-bond acceptors (Lipinski definition) is 4. The normalized spacial score (nSPS) is 11.2. The summed E-state index contributed by atoms with van der Waals surface area (Å²) >= 11 is 0. The van der Waals surface area contributed by atoms with E-state index < -0.39 is 0 Å². The molecule has 0 aliphatic rings. The molecule has 36 heavy (non-hydrogen) atoms. The van der Waals surface area contributed by atoms with E-state index in [-0.39, 0.29) is 11.6 Å². The van der Waals surface area contributed by atoms with Crippen LogP contribution in [0.2, 0.25) is 0 Å². The maximum Gasteiger partial charge on any atom is 0.182 e. The molecule has 0 spiro atoms. The summed E-state index contributed by atoms with van der Waals surface area (Å²) in [7, 11) is 0. The standard InChI is InChI=1S/C29H19F2N5/c30-23-7-3-20(4-8-23)26-25-18-36(17-19-2-1-13-33-16-19)35-29(25)34-28(22-5-9-24(31)10-6-22)27(26)21-11-14-32-15-12-21/h1-16,18H,17H2. The summed E-state index contributed by atoms with van der Waals surface area (Å²) in [5.74, 6) is -0.648. The molecule has 0 aliphatic carbocycles. The van der Waals surface area contributed by atoms with Gasteiger partial charge in [0.1, 0.15) is 11.6 Å². The molecule has 0 saturated carbocycles. The summed E-state index contributed by atoms with van der Waals surface area (Å²) in [6, 6.07) is 20.3. The summed E-state index contributed by atoms with van der Waals surface area (Å²) in [6.45, 7) is 0.517. The Balaban J connectivity index is 1.67. The first kappa shape index (κ1) is 21.7. The van der Waals surface area contributed by atoms with Crippen LogP contribution in [0.1, 0.15) is 5.56 Å². The van der Waals surface area contributed by atoms with Crippen LogP contribution in [0, 0.1) is 11.6 Å². The summed E-state index contributed by atoms with van der Waals surface area (Å²) in [4.78, 5) is 13.3. The van der Waals surface area contributed by atoms with Crippen molar-refractivity contribution in [1.82, 2.24) is 24.7 Å². The van der Waals surface area contributed by atoms with E-state index in [0.29, 0.717) is 17.9 Å². The molecule has 0 aliphatic heterocycles. The Kier molecular flexibility index (Phi) is 5.50. The van der Waals surface area contributed by atoms with Crippen LogP contribution in [-0.2, 0) is 6.54 Å². The second-order valence-corrected chi connectivity index (χ2v) is 8.39. The van der Waals surface area contributed by atoms with Gasteiger partial charge < -0.3 is 0 Å². The topological polar surface area (TPSA) is 56.5 Å². The van der Waals surface area contributed by atoms with E-state index >= 15 is 0 Å². The molecule has 6 rings (SSSR count). The molecule has 0 saturated heterocycles. The summed E-state index contributed by atoms with van der Waals surface area (Å²) in [6.07, 6.45) is 8.91. The molecule has 6 aromatic rings. The van der Waals surface area contributed by atoms with Gasteiger partial charge in [-0.25, -0.2) is 13.8 Å². The number of fused-ring (bicyclic) bond motifs is 1. The first-order valence-corrected chi connectivity index (χ1v) is 11.4. The Morgan fingerprint density at radius 3 is 2.00 bits per heavy atom. The Morgan fingerprint density at radius 1 is 0.667 bits per heavy atom. The molecule has 0 fully saturated rings. The smallest absolute Gasteiger partial charge is 0.182 e. The third-order valence-electron chi connectivity index (χ3n) is 6.00. The van der Waals surface area contributed by atoms with Gasteiger partial charge in [-0.05, 0) is 71.3 Å². The highest BCUT2D eigenvalue weighted by Crippen LogP contribution is 2.43. The van der Waals surface area contributed by atoms with Gasteiger partial charge >= 0.3 is 0 Å². The van der Waals surface area contributed by atoms with Crippen LogP contribution in [-0.4, -0.2) is 24.7 Å². The number of pyridine rings is 3. The van der Waals surface area contributed by atoms with Crippen LogP contribution in [0.4, 0.5) is 8.78 Å². The van der Waals surface area contributed by atoms with E-state index in [0.717, 1.165) is 38.8 Å². The largest absolute Gasteiger partial charge is 0.265 e. The van der Waals surface area contributed by atoms with E-state index in [9.17, 15) is 8.78 Å². The number of benzene rings is 2. The summed E-state index contributed by atoms with van der Waals surface area (Å²) in [5.41, 5.74) is 6.34. The number of nitrogens with zero attached hydrogens (tertiary/aromatic N) is 5. The summed E-state index contributed by atoms with van der Waals surface area (Å²) < 4.78 is 29.5. The van der Waals surface area contributed by atoms with Crippen molar-refractivity contribution in [2.75, 3.05) is 0 Å². The van der Waals surface area contributed by atoms with Gasteiger partial charge in [0, 0.05) is 53.1 Å². The van der Waals surface area contributed by atoms with Gasteiger partial charge in [0.25, 0.3) is 0 Å². The lowest BCUT2D eigenvalue weighted by Gasteiger charge is -2.16. The van der Waals surface area contributed by atoms with Crippen molar-refractivity contribution in [3.05, 3.63) is 121 Å². The van der Waals surface area contributed by atoms with Gasteiger partial charge in [-0.3, -0.25) is 14.6 Å². The monoisotopic (exact) mass is 475 g/mol. The first-order valence-electron chi connectivity index (χ1n) is 11.4. The van der Waals surface area contributed by atoms with Crippen LogP contribution in [0.3, 0.4) is 0 Å². The van der Waals surface area contributed by atoms with E-state index in [1.807, 2.05) is 35.1 Å². The molecule has 4 aromatic heterocycles. The van der Waals surface area contributed by atoms with Crippen LogP contribution in [0.25, 0.3) is 44.5 Å². The molecule has 0 unspecified atom stereocenters. The Morgan fingerprint density at radius 2 is 1.33 bits per heavy atom. The molecule has 0 atom stereocenters. The van der Waals surface area contributed by atoms with Crippen LogP contribution < -0.4 is 0 Å². The zero-order chi connectivity index (χ0) is 24.5. The van der Waals surface area contributed by atoms with Gasteiger partial charge in [0.05, 0.1) is 12.2 Å². The average Bonchev–Trinajstić information content (AvgIpc) is 3.32. The molecule has 174 valence electrons. The zero-order valence-corrected chi connectivity index (χ0v) is 19.0. The molecular formula is C29H19F2N5. The zero-order valence-electron chi connectivity index (χ0n) is 19.0. The highest BCUT2D eigenvalue weighted by Gasteiger charge is 2.22. The number of hydrogen-bond donors (Lipinski definition) is 0. The van der Waals surface area contributed by atoms with Crippen LogP contribution in [0.15, 0.2) is 104 Å². The van der Waals surface area contributed by atoms with Crippen molar-refractivity contribution < 1.29 is 8.78 Å². The molecule has 7 heteroatoms. The predicted molar refractivity (Wildman–Crippen MR) is 135 cm³/mol. The fraction of sp³-hybridized carbons (Fsp3) is 0.0345. The van der Waals surface area contributed by atoms with E-state index in [1.54, 1.807) is 49.1 Å². The lowest BCUT2D eigenvalue weighted by atomic mass is 9.90. The minimum atomic E-state index is -0.329. The number of halogens is 2. The van der Waals surface area contributed by atoms with Crippen molar-refractivity contribution >= 4 is 11.0 Å². The summed E-state index contributed by atoms with van der Waals surface area (Å²) in [5, 5.41) is 5.59. The lowest BCUT2D eigenvalue weighted by molar-refractivity contribution is 0.627. The minimum absolute atomic E-state index is 0.319. The average molecular weight is 476 g/mol. The SMILES string of the molecule is Fc1ccc(-c2nc3nn(Cc4cccnc4)cc3c(-c3ccc(F)cc3)c2-c2ccncc2)cc1. The second kappa shape index (κ2) is 9.11. The fourth-order valence-electron chi connectivity index (χ4n) is 4.38. The van der Waals surface area contributed by atoms with Gasteiger partial charge in [-0.15, -0.1) is 0 Å². The maximum absolute atomic E-state index is 13.9. The van der Waals surface area contributed by atoms with Crippen LogP contribution in [0.5, 0.6) is 0 Å².